The predicted molar refractivity (Wildman–Crippen MR) is 120 cm³/mol. The van der Waals surface area contributed by atoms with Gasteiger partial charge in [-0.15, -0.1) is 0 Å². The third-order valence-corrected chi connectivity index (χ3v) is 7.83. The van der Waals surface area contributed by atoms with Gasteiger partial charge in [0.2, 0.25) is 10.0 Å². The van der Waals surface area contributed by atoms with E-state index in [0.29, 0.717) is 19.0 Å². The van der Waals surface area contributed by atoms with Crippen LogP contribution in [0.3, 0.4) is 0 Å². The molecule has 1 aliphatic heterocycles. The fourth-order valence-corrected chi connectivity index (χ4v) is 6.03. The molecule has 0 radical (unpaired) electrons. The standard InChI is InChI=1S/C22H29N3O2S2/c26-29(27,23-15-18-7-3-1-4-8-18)14-12-22-20-17-28-13-11-21(20)24-25(22)16-19-9-5-2-6-10-19/h2,5-6,9-10,12,14,18,23H,1,3-4,7-8,11,13,15-17H2/b14-12+. The van der Waals surface area contributed by atoms with Crippen molar-refractivity contribution in [3.05, 3.63) is 58.3 Å². The monoisotopic (exact) mass is 431 g/mol. The third kappa shape index (κ3) is 5.53. The number of hydrogen-bond acceptors (Lipinski definition) is 4. The second kappa shape index (κ2) is 9.49. The van der Waals surface area contributed by atoms with Gasteiger partial charge in [-0.3, -0.25) is 4.68 Å². The minimum absolute atomic E-state index is 0.472. The van der Waals surface area contributed by atoms with Crippen LogP contribution in [0.1, 0.15) is 54.6 Å². The van der Waals surface area contributed by atoms with Crippen molar-refractivity contribution in [3.8, 4) is 0 Å². The molecular formula is C22H29N3O2S2. The molecule has 1 aromatic carbocycles. The van der Waals surface area contributed by atoms with Crippen LogP contribution in [0, 0.1) is 5.92 Å². The van der Waals surface area contributed by atoms with Crippen molar-refractivity contribution < 1.29 is 8.42 Å². The molecule has 1 fully saturated rings. The zero-order valence-corrected chi connectivity index (χ0v) is 18.4. The third-order valence-electron chi connectivity index (χ3n) is 5.78. The number of rotatable bonds is 7. The van der Waals surface area contributed by atoms with Crippen LogP contribution < -0.4 is 4.72 Å². The molecule has 0 amide bonds. The summed E-state index contributed by atoms with van der Waals surface area (Å²) in [6, 6.07) is 10.2. The van der Waals surface area contributed by atoms with Gasteiger partial charge in [0.25, 0.3) is 0 Å². The molecule has 2 aliphatic rings. The summed E-state index contributed by atoms with van der Waals surface area (Å²) in [6.45, 7) is 1.19. The normalized spacial score (nSPS) is 18.2. The summed E-state index contributed by atoms with van der Waals surface area (Å²) in [4.78, 5) is 0. The lowest BCUT2D eigenvalue weighted by Crippen LogP contribution is -2.28. The van der Waals surface area contributed by atoms with Crippen LogP contribution >= 0.6 is 11.8 Å². The Balaban J connectivity index is 1.52. The Kier molecular flexibility index (Phi) is 6.77. The summed E-state index contributed by atoms with van der Waals surface area (Å²) in [5.74, 6) is 2.43. The topological polar surface area (TPSA) is 64.0 Å². The fourth-order valence-electron chi connectivity index (χ4n) is 4.16. The predicted octanol–water partition coefficient (Wildman–Crippen LogP) is 4.19. The first-order valence-corrected chi connectivity index (χ1v) is 13.2. The van der Waals surface area contributed by atoms with Crippen LogP contribution in [0.2, 0.25) is 0 Å². The van der Waals surface area contributed by atoms with Crippen LogP contribution in [-0.4, -0.2) is 30.5 Å². The van der Waals surface area contributed by atoms with Crippen molar-refractivity contribution in [1.29, 1.82) is 0 Å². The molecule has 29 heavy (non-hydrogen) atoms. The minimum atomic E-state index is -3.45. The first-order chi connectivity index (χ1) is 14.1. The average Bonchev–Trinajstić information content (AvgIpc) is 3.09. The van der Waals surface area contributed by atoms with Gasteiger partial charge < -0.3 is 0 Å². The van der Waals surface area contributed by atoms with Gasteiger partial charge in [-0.25, -0.2) is 13.1 Å². The van der Waals surface area contributed by atoms with E-state index in [2.05, 4.69) is 16.9 Å². The number of thioether (sulfide) groups is 1. The van der Waals surface area contributed by atoms with Crippen molar-refractivity contribution in [2.45, 2.75) is 50.8 Å². The van der Waals surface area contributed by atoms with Crippen LogP contribution in [0.4, 0.5) is 0 Å². The second-order valence-corrected chi connectivity index (χ2v) is 10.7. The number of nitrogens with one attached hydrogen (secondary N) is 1. The maximum absolute atomic E-state index is 12.6. The van der Waals surface area contributed by atoms with Gasteiger partial charge >= 0.3 is 0 Å². The first-order valence-electron chi connectivity index (χ1n) is 10.5. The maximum Gasteiger partial charge on any atom is 0.233 e. The van der Waals surface area contributed by atoms with Crippen LogP contribution in [-0.2, 0) is 28.7 Å². The number of nitrogens with zero attached hydrogens (tertiary/aromatic N) is 2. The molecule has 1 N–H and O–H groups in total. The lowest BCUT2D eigenvalue weighted by Gasteiger charge is -2.21. The number of fused-ring (bicyclic) bond motifs is 1. The quantitative estimate of drug-likeness (QED) is 0.714. The number of aryl methyl sites for hydroxylation is 1. The molecule has 0 bridgehead atoms. The van der Waals surface area contributed by atoms with Gasteiger partial charge in [-0.1, -0.05) is 49.6 Å². The molecule has 2 heterocycles. The van der Waals surface area contributed by atoms with Crippen molar-refractivity contribution in [2.24, 2.45) is 5.92 Å². The van der Waals surface area contributed by atoms with E-state index in [9.17, 15) is 8.42 Å². The summed E-state index contributed by atoms with van der Waals surface area (Å²) >= 11 is 1.88. The van der Waals surface area contributed by atoms with Crippen LogP contribution in [0.25, 0.3) is 6.08 Å². The van der Waals surface area contributed by atoms with Gasteiger partial charge in [0.05, 0.1) is 17.9 Å². The summed E-state index contributed by atoms with van der Waals surface area (Å²) in [7, 11) is -3.45. The SMILES string of the molecule is O=S(=O)(/C=C/c1c2c(nn1Cc1ccccc1)CCSC2)NCC1CCCCC1. The molecule has 2 aromatic rings. The molecule has 5 nitrogen and oxygen atoms in total. The Labute approximate surface area is 178 Å². The van der Waals surface area contributed by atoms with Crippen LogP contribution in [0.5, 0.6) is 0 Å². The summed E-state index contributed by atoms with van der Waals surface area (Å²) in [5, 5.41) is 6.13. The van der Waals surface area contributed by atoms with Crippen molar-refractivity contribution in [1.82, 2.24) is 14.5 Å². The Bertz CT molecular complexity index is 946. The molecular weight excluding hydrogens is 402 g/mol. The molecule has 0 saturated heterocycles. The summed E-state index contributed by atoms with van der Waals surface area (Å²) < 4.78 is 29.9. The Hall–Kier alpha value is -1.57. The van der Waals surface area contributed by atoms with E-state index in [0.717, 1.165) is 47.7 Å². The molecule has 7 heteroatoms. The molecule has 156 valence electrons. The lowest BCUT2D eigenvalue weighted by molar-refractivity contribution is 0.357. The molecule has 0 spiro atoms. The van der Waals surface area contributed by atoms with E-state index < -0.39 is 10.0 Å². The summed E-state index contributed by atoms with van der Waals surface area (Å²) in [6.07, 6.45) is 8.63. The zero-order valence-electron chi connectivity index (χ0n) is 16.7. The van der Waals surface area contributed by atoms with Gasteiger partial charge in [-0.2, -0.15) is 16.9 Å². The second-order valence-electron chi connectivity index (χ2n) is 7.96. The highest BCUT2D eigenvalue weighted by Gasteiger charge is 2.21. The molecule has 0 unspecified atom stereocenters. The van der Waals surface area contributed by atoms with E-state index in [1.165, 1.54) is 30.2 Å². The number of aromatic nitrogens is 2. The largest absolute Gasteiger partial charge is 0.260 e. The molecule has 0 atom stereocenters. The Morgan fingerprint density at radius 1 is 1.17 bits per heavy atom. The van der Waals surface area contributed by atoms with Gasteiger partial charge in [-0.05, 0) is 36.2 Å². The highest BCUT2D eigenvalue weighted by Crippen LogP contribution is 2.29. The van der Waals surface area contributed by atoms with Crippen LogP contribution in [0.15, 0.2) is 35.7 Å². The molecule has 1 saturated carbocycles. The Morgan fingerprint density at radius 3 is 2.76 bits per heavy atom. The lowest BCUT2D eigenvalue weighted by atomic mass is 9.90. The van der Waals surface area contributed by atoms with E-state index >= 15 is 0 Å². The number of benzene rings is 1. The molecule has 1 aliphatic carbocycles. The minimum Gasteiger partial charge on any atom is -0.260 e. The van der Waals surface area contributed by atoms with Gasteiger partial charge in [0.15, 0.2) is 0 Å². The van der Waals surface area contributed by atoms with E-state index in [1.54, 1.807) is 6.08 Å². The molecule has 1 aromatic heterocycles. The van der Waals surface area contributed by atoms with Crippen molar-refractivity contribution >= 4 is 27.9 Å². The van der Waals surface area contributed by atoms with Gasteiger partial charge in [0.1, 0.15) is 0 Å². The number of sulfonamides is 1. The van der Waals surface area contributed by atoms with E-state index in [1.807, 2.05) is 34.6 Å². The zero-order chi connectivity index (χ0) is 20.1. The maximum atomic E-state index is 12.6. The fraction of sp³-hybridized carbons (Fsp3) is 0.500. The average molecular weight is 432 g/mol. The Morgan fingerprint density at radius 2 is 1.97 bits per heavy atom. The first kappa shape index (κ1) is 20.7. The van der Waals surface area contributed by atoms with Crippen molar-refractivity contribution in [3.63, 3.8) is 0 Å². The highest BCUT2D eigenvalue weighted by molar-refractivity contribution is 7.98. The molecule has 4 rings (SSSR count). The van der Waals surface area contributed by atoms with E-state index in [-0.39, 0.29) is 0 Å². The van der Waals surface area contributed by atoms with Crippen molar-refractivity contribution in [2.75, 3.05) is 12.3 Å². The highest BCUT2D eigenvalue weighted by atomic mass is 32.2. The smallest absolute Gasteiger partial charge is 0.233 e. The van der Waals surface area contributed by atoms with Gasteiger partial charge in [0, 0.05) is 29.7 Å². The summed E-state index contributed by atoms with van der Waals surface area (Å²) in [5.41, 5.74) is 4.36. The van der Waals surface area contributed by atoms with E-state index in [4.69, 9.17) is 5.10 Å². The number of hydrogen-bond donors (Lipinski definition) is 1.